The minimum atomic E-state index is 0.0262. The first-order chi connectivity index (χ1) is 15.1. The third-order valence-electron chi connectivity index (χ3n) is 6.09. The van der Waals surface area contributed by atoms with Crippen molar-refractivity contribution in [1.82, 2.24) is 4.98 Å². The maximum Gasteiger partial charge on any atom is 0.0888 e. The molecule has 0 spiro atoms. The van der Waals surface area contributed by atoms with E-state index in [2.05, 4.69) is 37.3 Å². The molecular formula is C26H22Cl4N2. The molecule has 2 aromatic carbocycles. The van der Waals surface area contributed by atoms with Gasteiger partial charge >= 0.3 is 0 Å². The summed E-state index contributed by atoms with van der Waals surface area (Å²) in [5.74, 6) is 0.498. The number of hydrogen-bond donors (Lipinski definition) is 1. The molecule has 2 nitrogen and oxygen atoms in total. The van der Waals surface area contributed by atoms with E-state index in [-0.39, 0.29) is 17.3 Å². The molecule has 2 unspecified atom stereocenters. The molecule has 3 aromatic rings. The SMILES string of the molecule is C=C(c1cc(NC(=C)C2C(c3cc(Cl)cc(Cl)c3)C2(C)C)ccc1Cl)c1ncccc1Cl. The van der Waals surface area contributed by atoms with Crippen LogP contribution in [0.3, 0.4) is 0 Å². The summed E-state index contributed by atoms with van der Waals surface area (Å²) < 4.78 is 0. The zero-order valence-electron chi connectivity index (χ0n) is 17.7. The maximum atomic E-state index is 6.48. The molecule has 1 aromatic heterocycles. The first kappa shape index (κ1) is 23.2. The number of pyridine rings is 1. The van der Waals surface area contributed by atoms with Crippen molar-refractivity contribution in [3.63, 3.8) is 0 Å². The van der Waals surface area contributed by atoms with E-state index in [1.165, 1.54) is 0 Å². The molecule has 0 bridgehead atoms. The predicted octanol–water partition coefficient (Wildman–Crippen LogP) is 9.12. The summed E-state index contributed by atoms with van der Waals surface area (Å²) in [6.07, 6.45) is 1.68. The molecule has 0 amide bonds. The number of nitrogens with one attached hydrogen (secondary N) is 1. The van der Waals surface area contributed by atoms with Gasteiger partial charge in [0.25, 0.3) is 0 Å². The van der Waals surface area contributed by atoms with Gasteiger partial charge < -0.3 is 5.32 Å². The van der Waals surface area contributed by atoms with Crippen LogP contribution in [0.4, 0.5) is 5.69 Å². The molecule has 0 radical (unpaired) electrons. The number of nitrogens with zero attached hydrogens (tertiary/aromatic N) is 1. The van der Waals surface area contributed by atoms with Crippen molar-refractivity contribution in [2.75, 3.05) is 5.32 Å². The number of anilines is 1. The van der Waals surface area contributed by atoms with Crippen molar-refractivity contribution < 1.29 is 0 Å². The fraction of sp³-hybridized carbons (Fsp3) is 0.192. The van der Waals surface area contributed by atoms with E-state index in [1.54, 1.807) is 24.4 Å². The van der Waals surface area contributed by atoms with Crippen LogP contribution in [0.15, 0.2) is 73.6 Å². The van der Waals surface area contributed by atoms with Gasteiger partial charge in [0.15, 0.2) is 0 Å². The molecule has 1 fully saturated rings. The molecule has 4 rings (SSSR count). The summed E-state index contributed by atoms with van der Waals surface area (Å²) in [5, 5.41) is 5.85. The van der Waals surface area contributed by atoms with E-state index < -0.39 is 0 Å². The Bertz CT molecular complexity index is 1210. The van der Waals surface area contributed by atoms with E-state index >= 15 is 0 Å². The van der Waals surface area contributed by atoms with Gasteiger partial charge in [-0.1, -0.05) is 73.4 Å². The predicted molar refractivity (Wildman–Crippen MR) is 138 cm³/mol. The summed E-state index contributed by atoms with van der Waals surface area (Å²) in [6.45, 7) is 12.9. The second-order valence-corrected chi connectivity index (χ2v) is 10.3. The quantitative estimate of drug-likeness (QED) is 0.362. The molecule has 2 atom stereocenters. The molecule has 1 aliphatic rings. The number of rotatable bonds is 6. The fourth-order valence-electron chi connectivity index (χ4n) is 4.50. The van der Waals surface area contributed by atoms with E-state index in [0.717, 1.165) is 22.5 Å². The number of hydrogen-bond acceptors (Lipinski definition) is 2. The summed E-state index contributed by atoms with van der Waals surface area (Å²) in [4.78, 5) is 4.35. The molecule has 0 aliphatic heterocycles. The molecule has 1 heterocycles. The van der Waals surface area contributed by atoms with Crippen LogP contribution >= 0.6 is 46.4 Å². The number of aromatic nitrogens is 1. The van der Waals surface area contributed by atoms with E-state index in [0.29, 0.717) is 31.4 Å². The van der Waals surface area contributed by atoms with Crippen LogP contribution in [0, 0.1) is 11.3 Å². The van der Waals surface area contributed by atoms with Crippen molar-refractivity contribution in [2.24, 2.45) is 11.3 Å². The molecule has 1 aliphatic carbocycles. The zero-order chi connectivity index (χ0) is 23.2. The van der Waals surface area contributed by atoms with Crippen LogP contribution in [-0.4, -0.2) is 4.98 Å². The monoisotopic (exact) mass is 502 g/mol. The fourth-order valence-corrected chi connectivity index (χ4v) is 5.51. The van der Waals surface area contributed by atoms with Crippen molar-refractivity contribution in [1.29, 1.82) is 0 Å². The molecular weight excluding hydrogens is 482 g/mol. The molecule has 1 saturated carbocycles. The van der Waals surface area contributed by atoms with Crippen LogP contribution in [-0.2, 0) is 0 Å². The van der Waals surface area contributed by atoms with Crippen LogP contribution in [0.2, 0.25) is 20.1 Å². The van der Waals surface area contributed by atoms with E-state index in [9.17, 15) is 0 Å². The second kappa shape index (κ2) is 8.76. The summed E-state index contributed by atoms with van der Waals surface area (Å²) in [5.41, 5.74) is 4.97. The van der Waals surface area contributed by atoms with E-state index in [1.807, 2.05) is 30.3 Å². The summed E-state index contributed by atoms with van der Waals surface area (Å²) >= 11 is 25.3. The minimum Gasteiger partial charge on any atom is -0.359 e. The third-order valence-corrected chi connectivity index (χ3v) is 7.16. The highest BCUT2D eigenvalue weighted by molar-refractivity contribution is 6.35. The maximum absolute atomic E-state index is 6.48. The van der Waals surface area contributed by atoms with Gasteiger partial charge in [0.1, 0.15) is 0 Å². The van der Waals surface area contributed by atoms with Gasteiger partial charge in [0.05, 0.1) is 10.7 Å². The van der Waals surface area contributed by atoms with E-state index in [4.69, 9.17) is 46.4 Å². The Labute approximate surface area is 208 Å². The van der Waals surface area contributed by atoms with Gasteiger partial charge in [-0.2, -0.15) is 0 Å². The Morgan fingerprint density at radius 2 is 1.62 bits per heavy atom. The van der Waals surface area contributed by atoms with Crippen LogP contribution in [0.25, 0.3) is 5.57 Å². The first-order valence-corrected chi connectivity index (χ1v) is 11.6. The lowest BCUT2D eigenvalue weighted by Gasteiger charge is -2.15. The lowest BCUT2D eigenvalue weighted by molar-refractivity contribution is 0.585. The van der Waals surface area contributed by atoms with Gasteiger partial charge in [-0.05, 0) is 65.4 Å². The van der Waals surface area contributed by atoms with Crippen LogP contribution in [0.5, 0.6) is 0 Å². The summed E-state index contributed by atoms with van der Waals surface area (Å²) in [7, 11) is 0. The van der Waals surface area contributed by atoms with Crippen molar-refractivity contribution in [3.05, 3.63) is 110 Å². The smallest absolute Gasteiger partial charge is 0.0888 e. The highest BCUT2D eigenvalue weighted by atomic mass is 35.5. The molecule has 32 heavy (non-hydrogen) atoms. The molecule has 1 N–H and O–H groups in total. The molecule has 164 valence electrons. The number of allylic oxidation sites excluding steroid dienone is 1. The Balaban J connectivity index is 1.57. The lowest BCUT2D eigenvalue weighted by atomic mass is 10.0. The minimum absolute atomic E-state index is 0.0262. The largest absolute Gasteiger partial charge is 0.359 e. The second-order valence-electron chi connectivity index (χ2n) is 8.64. The number of benzene rings is 2. The van der Waals surface area contributed by atoms with Gasteiger partial charge in [-0.15, -0.1) is 0 Å². The topological polar surface area (TPSA) is 24.9 Å². The van der Waals surface area contributed by atoms with Gasteiger partial charge in [-0.3, -0.25) is 4.98 Å². The standard InChI is InChI=1S/C26H22Cl4N2/c1-14(25-22(30)6-5-9-31-25)20-13-19(7-8-21(20)29)32-15(2)23-24(26(23,3)4)16-10-17(27)12-18(28)11-16/h5-13,23-24,32H,1-2H2,3-4H3. The zero-order valence-corrected chi connectivity index (χ0v) is 20.7. The number of halogens is 4. The molecule has 0 saturated heterocycles. The van der Waals surface area contributed by atoms with Crippen molar-refractivity contribution in [2.45, 2.75) is 19.8 Å². The van der Waals surface area contributed by atoms with Gasteiger partial charge in [0.2, 0.25) is 0 Å². The molecule has 6 heteroatoms. The Kier molecular flexibility index (Phi) is 6.35. The normalized spacial score (nSPS) is 18.8. The lowest BCUT2D eigenvalue weighted by Crippen LogP contribution is -2.04. The average molecular weight is 504 g/mol. The Morgan fingerprint density at radius 3 is 2.28 bits per heavy atom. The Morgan fingerprint density at radius 1 is 0.938 bits per heavy atom. The third kappa shape index (κ3) is 4.43. The Hall–Kier alpha value is -1.97. The van der Waals surface area contributed by atoms with Crippen molar-refractivity contribution >= 4 is 57.7 Å². The van der Waals surface area contributed by atoms with Crippen molar-refractivity contribution in [3.8, 4) is 0 Å². The average Bonchev–Trinajstić information content (AvgIpc) is 3.31. The highest BCUT2D eigenvalue weighted by Gasteiger charge is 2.59. The first-order valence-electron chi connectivity index (χ1n) is 10.1. The van der Waals surface area contributed by atoms with Gasteiger partial charge in [-0.25, -0.2) is 0 Å². The van der Waals surface area contributed by atoms with Crippen LogP contribution < -0.4 is 5.32 Å². The van der Waals surface area contributed by atoms with Crippen LogP contribution in [0.1, 0.15) is 36.6 Å². The summed E-state index contributed by atoms with van der Waals surface area (Å²) in [6, 6.07) is 15.0. The highest BCUT2D eigenvalue weighted by Crippen LogP contribution is 2.67. The van der Waals surface area contributed by atoms with Gasteiger partial charge in [0, 0.05) is 49.7 Å².